The number of methoxy groups -OCH3 is 2. The number of nitrogens with one attached hydrogen (secondary N) is 1. The van der Waals surface area contributed by atoms with E-state index < -0.39 is 0 Å². The summed E-state index contributed by atoms with van der Waals surface area (Å²) in [6.45, 7) is 0. The van der Waals surface area contributed by atoms with Crippen LogP contribution in [0.3, 0.4) is 0 Å². The van der Waals surface area contributed by atoms with Gasteiger partial charge in [0, 0.05) is 16.2 Å². The second-order valence-corrected chi connectivity index (χ2v) is 7.53. The van der Waals surface area contributed by atoms with E-state index in [-0.39, 0.29) is 5.91 Å². The van der Waals surface area contributed by atoms with Gasteiger partial charge in [0.25, 0.3) is 5.91 Å². The number of benzene rings is 3. The highest BCUT2D eigenvalue weighted by Gasteiger charge is 2.20. The highest BCUT2D eigenvalue weighted by molar-refractivity contribution is 9.10. The molecule has 156 valence electrons. The predicted octanol–water partition coefficient (Wildman–Crippen LogP) is 5.57. The van der Waals surface area contributed by atoms with Crippen LogP contribution in [0, 0.1) is 0 Å². The van der Waals surface area contributed by atoms with Crippen molar-refractivity contribution in [2.24, 2.45) is 0 Å². The van der Waals surface area contributed by atoms with Gasteiger partial charge in [0.1, 0.15) is 5.69 Å². The van der Waals surface area contributed by atoms with Gasteiger partial charge < -0.3 is 14.8 Å². The number of carbonyl (C=O) groups is 1. The molecular weight excluding hydrogens is 458 g/mol. The Morgan fingerprint density at radius 3 is 2.35 bits per heavy atom. The number of halogens is 1. The van der Waals surface area contributed by atoms with Crippen molar-refractivity contribution >= 4 is 27.5 Å². The second-order valence-electron chi connectivity index (χ2n) is 6.68. The minimum absolute atomic E-state index is 0.265. The molecule has 31 heavy (non-hydrogen) atoms. The summed E-state index contributed by atoms with van der Waals surface area (Å²) in [6.07, 6.45) is 1.73. The minimum Gasteiger partial charge on any atom is -0.493 e. The third-order valence-electron chi connectivity index (χ3n) is 4.76. The van der Waals surface area contributed by atoms with E-state index in [0.29, 0.717) is 28.4 Å². The molecular formula is C24H20BrN3O3. The number of hydrogen-bond donors (Lipinski definition) is 1. The minimum atomic E-state index is -0.265. The van der Waals surface area contributed by atoms with Crippen LogP contribution >= 0.6 is 15.9 Å². The first-order chi connectivity index (χ1) is 15.1. The third kappa shape index (κ3) is 4.32. The molecule has 0 aliphatic heterocycles. The number of rotatable bonds is 6. The smallest absolute Gasteiger partial charge is 0.259 e. The Morgan fingerprint density at radius 2 is 1.65 bits per heavy atom. The zero-order valence-electron chi connectivity index (χ0n) is 17.0. The van der Waals surface area contributed by atoms with E-state index in [1.54, 1.807) is 31.2 Å². The maximum atomic E-state index is 13.2. The SMILES string of the molecule is COc1ccc(-c2nn(-c3ccccc3)cc2C(=O)Nc2ccccc2Br)cc1OC. The topological polar surface area (TPSA) is 65.4 Å². The molecule has 7 heteroatoms. The molecule has 0 bridgehead atoms. The van der Waals surface area contributed by atoms with Crippen LogP contribution in [0.2, 0.25) is 0 Å². The Morgan fingerprint density at radius 1 is 0.935 bits per heavy atom. The molecule has 0 radical (unpaired) electrons. The molecule has 4 aromatic rings. The van der Waals surface area contributed by atoms with Crippen molar-refractivity contribution in [2.75, 3.05) is 19.5 Å². The lowest BCUT2D eigenvalue weighted by Crippen LogP contribution is -2.12. The van der Waals surface area contributed by atoms with Gasteiger partial charge in [0.05, 0.1) is 31.2 Å². The predicted molar refractivity (Wildman–Crippen MR) is 124 cm³/mol. The number of aromatic nitrogens is 2. The lowest BCUT2D eigenvalue weighted by Gasteiger charge is -2.10. The van der Waals surface area contributed by atoms with Gasteiger partial charge in [-0.05, 0) is 58.4 Å². The Bertz CT molecular complexity index is 1220. The largest absolute Gasteiger partial charge is 0.493 e. The molecule has 0 saturated heterocycles. The Labute approximate surface area is 188 Å². The van der Waals surface area contributed by atoms with E-state index in [9.17, 15) is 4.79 Å². The van der Waals surface area contributed by atoms with Crippen molar-refractivity contribution in [1.29, 1.82) is 0 Å². The molecule has 1 amide bonds. The van der Waals surface area contributed by atoms with Gasteiger partial charge in [-0.1, -0.05) is 30.3 Å². The van der Waals surface area contributed by atoms with Crippen molar-refractivity contribution in [3.8, 4) is 28.4 Å². The van der Waals surface area contributed by atoms with Crippen LogP contribution in [0.25, 0.3) is 16.9 Å². The quantitative estimate of drug-likeness (QED) is 0.394. The second kappa shape index (κ2) is 9.06. The summed E-state index contributed by atoms with van der Waals surface area (Å²) in [4.78, 5) is 13.2. The van der Waals surface area contributed by atoms with Gasteiger partial charge >= 0.3 is 0 Å². The van der Waals surface area contributed by atoms with E-state index in [0.717, 1.165) is 15.7 Å². The van der Waals surface area contributed by atoms with Crippen LogP contribution in [0.1, 0.15) is 10.4 Å². The van der Waals surface area contributed by atoms with Gasteiger partial charge in [-0.25, -0.2) is 4.68 Å². The molecule has 1 N–H and O–H groups in total. The van der Waals surface area contributed by atoms with Crippen molar-refractivity contribution in [1.82, 2.24) is 9.78 Å². The molecule has 0 saturated carbocycles. The van der Waals surface area contributed by atoms with Crippen LogP contribution in [0.5, 0.6) is 11.5 Å². The molecule has 4 rings (SSSR count). The van der Waals surface area contributed by atoms with Gasteiger partial charge in [-0.15, -0.1) is 0 Å². The fourth-order valence-electron chi connectivity index (χ4n) is 3.20. The summed E-state index contributed by atoms with van der Waals surface area (Å²) in [7, 11) is 3.16. The van der Waals surface area contributed by atoms with E-state index in [4.69, 9.17) is 14.6 Å². The average molecular weight is 478 g/mol. The molecule has 1 aromatic heterocycles. The van der Waals surface area contributed by atoms with Gasteiger partial charge in [0.15, 0.2) is 11.5 Å². The Kier molecular flexibility index (Phi) is 6.04. The molecule has 0 atom stereocenters. The molecule has 0 unspecified atom stereocenters. The summed E-state index contributed by atoms with van der Waals surface area (Å²) in [5, 5.41) is 7.67. The highest BCUT2D eigenvalue weighted by atomic mass is 79.9. The number of hydrogen-bond acceptors (Lipinski definition) is 4. The fourth-order valence-corrected chi connectivity index (χ4v) is 3.59. The van der Waals surface area contributed by atoms with Crippen LogP contribution in [-0.4, -0.2) is 29.9 Å². The molecule has 0 aliphatic rings. The summed E-state index contributed by atoms with van der Waals surface area (Å²) >= 11 is 3.47. The van der Waals surface area contributed by atoms with Gasteiger partial charge in [-0.2, -0.15) is 5.10 Å². The van der Waals surface area contributed by atoms with E-state index in [1.807, 2.05) is 66.7 Å². The lowest BCUT2D eigenvalue weighted by atomic mass is 10.1. The summed E-state index contributed by atoms with van der Waals surface area (Å²) in [5.74, 6) is 0.901. The molecule has 6 nitrogen and oxygen atoms in total. The third-order valence-corrected chi connectivity index (χ3v) is 5.45. The van der Waals surface area contributed by atoms with Gasteiger partial charge in [0.2, 0.25) is 0 Å². The standard InChI is InChI=1S/C24H20BrN3O3/c1-30-21-13-12-16(14-22(21)31-2)23-18(15-28(27-23)17-8-4-3-5-9-17)24(29)26-20-11-7-6-10-19(20)25/h3-15H,1-2H3,(H,26,29). The Hall–Kier alpha value is -3.58. The number of anilines is 1. The number of amides is 1. The van der Waals surface area contributed by atoms with Crippen LogP contribution < -0.4 is 14.8 Å². The monoisotopic (exact) mass is 477 g/mol. The number of para-hydroxylation sites is 2. The molecule has 0 aliphatic carbocycles. The van der Waals surface area contributed by atoms with Crippen molar-refractivity contribution < 1.29 is 14.3 Å². The summed E-state index contributed by atoms with van der Waals surface area (Å²) < 4.78 is 13.3. The number of ether oxygens (including phenoxy) is 2. The normalized spacial score (nSPS) is 10.5. The maximum absolute atomic E-state index is 13.2. The first-order valence-corrected chi connectivity index (χ1v) is 10.3. The average Bonchev–Trinajstić information content (AvgIpc) is 3.26. The van der Waals surface area contributed by atoms with Crippen LogP contribution in [0.15, 0.2) is 83.5 Å². The first-order valence-electron chi connectivity index (χ1n) is 9.54. The number of nitrogens with zero attached hydrogens (tertiary/aromatic N) is 2. The molecule has 0 spiro atoms. The fraction of sp³-hybridized carbons (Fsp3) is 0.0833. The zero-order valence-corrected chi connectivity index (χ0v) is 18.6. The first kappa shape index (κ1) is 20.7. The Balaban J connectivity index is 1.81. The lowest BCUT2D eigenvalue weighted by molar-refractivity contribution is 0.102. The maximum Gasteiger partial charge on any atom is 0.259 e. The summed E-state index contributed by atoms with van der Waals surface area (Å²) in [6, 6.07) is 22.6. The van der Waals surface area contributed by atoms with Crippen LogP contribution in [-0.2, 0) is 0 Å². The highest BCUT2D eigenvalue weighted by Crippen LogP contribution is 2.34. The van der Waals surface area contributed by atoms with Crippen LogP contribution in [0.4, 0.5) is 5.69 Å². The van der Waals surface area contributed by atoms with Crippen molar-refractivity contribution in [3.63, 3.8) is 0 Å². The molecule has 1 heterocycles. The zero-order chi connectivity index (χ0) is 21.8. The van der Waals surface area contributed by atoms with Crippen molar-refractivity contribution in [3.05, 3.63) is 89.0 Å². The number of carbonyl (C=O) groups excluding carboxylic acids is 1. The van der Waals surface area contributed by atoms with E-state index in [2.05, 4.69) is 21.2 Å². The molecule has 3 aromatic carbocycles. The van der Waals surface area contributed by atoms with Gasteiger partial charge in [-0.3, -0.25) is 4.79 Å². The van der Waals surface area contributed by atoms with E-state index in [1.165, 1.54) is 0 Å². The van der Waals surface area contributed by atoms with E-state index >= 15 is 0 Å². The summed E-state index contributed by atoms with van der Waals surface area (Å²) in [5.41, 5.74) is 3.24. The van der Waals surface area contributed by atoms with Crippen molar-refractivity contribution in [2.45, 2.75) is 0 Å². The molecule has 0 fully saturated rings.